The zero-order valence-corrected chi connectivity index (χ0v) is 18.9. The molecule has 2 aliphatic rings. The number of aryl methyl sites for hydroxylation is 1. The lowest BCUT2D eigenvalue weighted by Crippen LogP contribution is -3.00. The Bertz CT molecular complexity index is 992. The number of fused-ring (bicyclic) bond motifs is 3. The quantitative estimate of drug-likeness (QED) is 0.427. The lowest BCUT2D eigenvalue weighted by Gasteiger charge is -2.16. The first-order valence-electron chi connectivity index (χ1n) is 8.68. The standard InChI is InChI=1S/C19H20ClN4OS.HI/c1-3-23-7-9-26-18(23)5-4-17-19-22(2)15-11-14(20)13(12-21)10-16(15)24(19)6-8-25-17;/h4-5,10-11H,3,6-9H2,1-2H3;1H/q+1;/p-1. The maximum Gasteiger partial charge on any atom is 0.325 e. The fraction of sp³-hybridized carbons (Fsp3) is 0.368. The summed E-state index contributed by atoms with van der Waals surface area (Å²) in [7, 11) is 2.01. The smallest absolute Gasteiger partial charge is 0.325 e. The number of hydrogen-bond acceptors (Lipinski definition) is 4. The molecule has 142 valence electrons. The number of nitrogens with zero attached hydrogens (tertiary/aromatic N) is 4. The van der Waals surface area contributed by atoms with E-state index in [1.54, 1.807) is 0 Å². The van der Waals surface area contributed by atoms with Crippen molar-refractivity contribution in [1.82, 2.24) is 9.47 Å². The first-order chi connectivity index (χ1) is 12.6. The second kappa shape index (κ2) is 8.33. The van der Waals surface area contributed by atoms with Gasteiger partial charge in [-0.05, 0) is 19.1 Å². The first-order valence-corrected chi connectivity index (χ1v) is 10.0. The van der Waals surface area contributed by atoms with Crippen molar-refractivity contribution in [3.63, 3.8) is 0 Å². The maximum absolute atomic E-state index is 9.29. The van der Waals surface area contributed by atoms with Crippen LogP contribution in [-0.2, 0) is 18.3 Å². The van der Waals surface area contributed by atoms with E-state index in [0.29, 0.717) is 17.2 Å². The van der Waals surface area contributed by atoms with Gasteiger partial charge in [0.25, 0.3) is 0 Å². The van der Waals surface area contributed by atoms with Crippen LogP contribution in [0, 0.1) is 11.3 Å². The summed E-state index contributed by atoms with van der Waals surface area (Å²) < 4.78 is 10.3. The van der Waals surface area contributed by atoms with E-state index in [4.69, 9.17) is 16.3 Å². The highest BCUT2D eigenvalue weighted by atomic mass is 127. The van der Waals surface area contributed by atoms with Crippen LogP contribution in [0.1, 0.15) is 18.3 Å². The van der Waals surface area contributed by atoms with E-state index in [0.717, 1.165) is 48.0 Å². The van der Waals surface area contributed by atoms with Gasteiger partial charge >= 0.3 is 5.82 Å². The third-order valence-electron chi connectivity index (χ3n) is 4.88. The van der Waals surface area contributed by atoms with Crippen LogP contribution in [0.3, 0.4) is 0 Å². The van der Waals surface area contributed by atoms with Gasteiger partial charge in [0, 0.05) is 31.0 Å². The number of thioether (sulfide) groups is 1. The molecular weight excluding hydrogens is 495 g/mol. The normalized spacial score (nSPS) is 19.1. The Morgan fingerprint density at radius 3 is 2.93 bits per heavy atom. The van der Waals surface area contributed by atoms with Gasteiger partial charge in [0.15, 0.2) is 11.0 Å². The molecular formula is C19H20ClIN4OS. The fourth-order valence-corrected chi connectivity index (χ4v) is 4.85. The molecule has 0 spiro atoms. The van der Waals surface area contributed by atoms with Crippen LogP contribution in [0.15, 0.2) is 29.3 Å². The molecule has 1 aromatic carbocycles. The lowest BCUT2D eigenvalue weighted by atomic mass is 10.2. The van der Waals surface area contributed by atoms with Crippen molar-refractivity contribution in [2.24, 2.45) is 7.05 Å². The Morgan fingerprint density at radius 2 is 2.19 bits per heavy atom. The fourth-order valence-electron chi connectivity index (χ4n) is 3.57. The van der Waals surface area contributed by atoms with Gasteiger partial charge in [-0.3, -0.25) is 0 Å². The lowest BCUT2D eigenvalue weighted by molar-refractivity contribution is -0.649. The number of hydrogen-bond donors (Lipinski definition) is 0. The molecule has 0 amide bonds. The van der Waals surface area contributed by atoms with Crippen molar-refractivity contribution in [3.8, 4) is 6.07 Å². The van der Waals surface area contributed by atoms with Crippen molar-refractivity contribution in [2.75, 3.05) is 25.4 Å². The van der Waals surface area contributed by atoms with Crippen molar-refractivity contribution in [1.29, 1.82) is 5.26 Å². The molecule has 8 heteroatoms. The zero-order chi connectivity index (χ0) is 18.3. The maximum atomic E-state index is 9.29. The Morgan fingerprint density at radius 1 is 1.37 bits per heavy atom. The molecule has 0 bridgehead atoms. The number of nitriles is 1. The van der Waals surface area contributed by atoms with Crippen molar-refractivity contribution >= 4 is 40.2 Å². The molecule has 2 aromatic rings. The highest BCUT2D eigenvalue weighted by Crippen LogP contribution is 2.30. The Kier molecular flexibility index (Phi) is 6.28. The van der Waals surface area contributed by atoms with Gasteiger partial charge < -0.3 is 33.6 Å². The molecule has 1 aromatic heterocycles. The minimum absolute atomic E-state index is 0. The second-order valence-corrected chi connectivity index (χ2v) is 7.80. The molecule has 0 radical (unpaired) electrons. The van der Waals surface area contributed by atoms with E-state index < -0.39 is 0 Å². The van der Waals surface area contributed by atoms with Crippen molar-refractivity contribution in [3.05, 3.63) is 45.7 Å². The molecule has 27 heavy (non-hydrogen) atoms. The van der Waals surface area contributed by atoms with E-state index in [1.807, 2.05) is 30.9 Å². The van der Waals surface area contributed by atoms with E-state index in [1.165, 1.54) is 5.03 Å². The Balaban J connectivity index is 0.00000210. The molecule has 0 N–H and O–H groups in total. The van der Waals surface area contributed by atoms with Crippen LogP contribution in [-0.4, -0.2) is 34.9 Å². The van der Waals surface area contributed by atoms with Gasteiger partial charge in [-0.25, -0.2) is 9.13 Å². The van der Waals surface area contributed by atoms with Gasteiger partial charge in [-0.2, -0.15) is 5.26 Å². The predicted octanol–water partition coefficient (Wildman–Crippen LogP) is 0.276. The van der Waals surface area contributed by atoms with E-state index in [2.05, 4.69) is 39.2 Å². The number of benzene rings is 1. The van der Waals surface area contributed by atoms with Crippen LogP contribution >= 0.6 is 23.4 Å². The molecule has 2 aliphatic heterocycles. The summed E-state index contributed by atoms with van der Waals surface area (Å²) >= 11 is 8.13. The average Bonchev–Trinajstić information content (AvgIpc) is 3.22. The summed E-state index contributed by atoms with van der Waals surface area (Å²) in [5, 5.41) is 11.1. The highest BCUT2D eigenvalue weighted by molar-refractivity contribution is 8.03. The Hall–Kier alpha value is -1.37. The SMILES string of the molecule is CCN1CCSC1=CC=C1OCCn2c1[n+](C)c1cc(Cl)c(C#N)cc12.[I-]. The van der Waals surface area contributed by atoms with Gasteiger partial charge in [0.1, 0.15) is 19.2 Å². The van der Waals surface area contributed by atoms with Crippen LogP contribution in [0.25, 0.3) is 16.8 Å². The number of aromatic nitrogens is 2. The summed E-state index contributed by atoms with van der Waals surface area (Å²) in [6.45, 7) is 5.66. The molecule has 0 aliphatic carbocycles. The molecule has 0 unspecified atom stereocenters. The van der Waals surface area contributed by atoms with E-state index in [-0.39, 0.29) is 24.0 Å². The minimum Gasteiger partial charge on any atom is -1.00 e. The highest BCUT2D eigenvalue weighted by Gasteiger charge is 2.31. The minimum atomic E-state index is 0. The number of imidazole rings is 1. The zero-order valence-electron chi connectivity index (χ0n) is 15.2. The first kappa shape index (κ1) is 20.4. The average molecular weight is 515 g/mol. The molecule has 5 nitrogen and oxygen atoms in total. The van der Waals surface area contributed by atoms with Gasteiger partial charge in [0.2, 0.25) is 5.76 Å². The molecule has 0 saturated carbocycles. The molecule has 0 atom stereocenters. The summed E-state index contributed by atoms with van der Waals surface area (Å²) in [5.41, 5.74) is 2.51. The topological polar surface area (TPSA) is 45.1 Å². The molecule has 3 heterocycles. The van der Waals surface area contributed by atoms with Gasteiger partial charge in [-0.15, -0.1) is 11.8 Å². The van der Waals surface area contributed by atoms with Crippen molar-refractivity contribution in [2.45, 2.75) is 13.5 Å². The number of ether oxygens (including phenoxy) is 1. The second-order valence-electron chi connectivity index (χ2n) is 6.28. The van der Waals surface area contributed by atoms with Crippen LogP contribution < -0.4 is 28.5 Å². The van der Waals surface area contributed by atoms with E-state index >= 15 is 0 Å². The third kappa shape index (κ3) is 3.55. The molecule has 1 fully saturated rings. The number of rotatable bonds is 2. The van der Waals surface area contributed by atoms with Crippen molar-refractivity contribution < 1.29 is 33.3 Å². The molecule has 1 saturated heterocycles. The molecule has 4 rings (SSSR count). The summed E-state index contributed by atoms with van der Waals surface area (Å²) in [6, 6.07) is 5.90. The Labute approximate surface area is 185 Å². The number of halogens is 2. The summed E-state index contributed by atoms with van der Waals surface area (Å²) in [5.74, 6) is 2.98. The monoisotopic (exact) mass is 514 g/mol. The predicted molar refractivity (Wildman–Crippen MR) is 105 cm³/mol. The van der Waals surface area contributed by atoms with E-state index in [9.17, 15) is 5.26 Å². The summed E-state index contributed by atoms with van der Waals surface area (Å²) in [4.78, 5) is 2.37. The van der Waals surface area contributed by atoms with Gasteiger partial charge in [0.05, 0.1) is 22.7 Å². The van der Waals surface area contributed by atoms with Gasteiger partial charge in [-0.1, -0.05) is 11.6 Å². The number of allylic oxidation sites excluding steroid dienone is 2. The van der Waals surface area contributed by atoms with Crippen LogP contribution in [0.4, 0.5) is 0 Å². The van der Waals surface area contributed by atoms with Crippen LogP contribution in [0.2, 0.25) is 5.02 Å². The van der Waals surface area contributed by atoms with Crippen LogP contribution in [0.5, 0.6) is 0 Å². The summed E-state index contributed by atoms with van der Waals surface area (Å²) in [6.07, 6.45) is 4.21. The third-order valence-corrected chi connectivity index (χ3v) is 6.27. The largest absolute Gasteiger partial charge is 1.00 e.